The smallest absolute Gasteiger partial charge is 0.0740 e. The molecule has 2 fully saturated rings. The third-order valence-electron chi connectivity index (χ3n) is 5.78. The Morgan fingerprint density at radius 1 is 0.578 bits per heavy atom. The minimum Gasteiger partial charge on any atom is -0.745 e. The Labute approximate surface area is 326 Å². The molecule has 45 heavy (non-hydrogen) atoms. The second-order valence-corrected chi connectivity index (χ2v) is 20.3. The SMILES string of the molecule is C1CC[N-]CC1.C1CC[N-]CC1.CO[P+]([S-])([S-])[c-]1[cH-][cH-][cH-][cH-]1.CO[P+]([S-])([S-])[c-]1cccc1.[Fe].[Fe].[Ni].c1cc[cH-]c1.c1cc[cH-]c1. The summed E-state index contributed by atoms with van der Waals surface area (Å²) in [7, 11) is 3.14. The van der Waals surface area contributed by atoms with Gasteiger partial charge in [0.1, 0.15) is 0 Å². The Morgan fingerprint density at radius 3 is 1.16 bits per heavy atom. The van der Waals surface area contributed by atoms with Crippen LogP contribution in [0.1, 0.15) is 38.5 Å². The van der Waals surface area contributed by atoms with Gasteiger partial charge in [-0.05, 0) is 5.30 Å². The number of rotatable bonds is 4. The first-order chi connectivity index (χ1) is 20.3. The Bertz CT molecular complexity index is 896. The van der Waals surface area contributed by atoms with Crippen molar-refractivity contribution in [2.24, 2.45) is 0 Å². The predicted octanol–water partition coefficient (Wildman–Crippen LogP) is 8.96. The molecule has 0 aromatic heterocycles. The zero-order chi connectivity index (χ0) is 30.8. The molecule has 0 N–H and O–H groups in total. The molecular weight excluding hydrogens is 805 g/mol. The van der Waals surface area contributed by atoms with Crippen molar-refractivity contribution in [3.8, 4) is 0 Å². The van der Waals surface area contributed by atoms with E-state index >= 15 is 0 Å². The molecular formula is C32H44Fe2N2NiO2P2S4-12. The van der Waals surface area contributed by atoms with E-state index in [0.717, 1.165) is 36.8 Å². The van der Waals surface area contributed by atoms with Crippen molar-refractivity contribution in [1.82, 2.24) is 0 Å². The standard InChI is InChI=1S/2C6H8OPS2.2C5H10N.2C5H5.2Fe.Ni/c2*1-7-8(9,10)6-4-2-3-5-6;2*1-2-4-6-5-3-1;2*1-2-4-5-3-1;;;/h2*2-5H,1H3,(H,9,10);2*1-5H2;2*1-5H;;;/q-5;5*-1;;;/p-2. The van der Waals surface area contributed by atoms with Gasteiger partial charge in [-0.1, -0.05) is 38.5 Å². The van der Waals surface area contributed by atoms with Gasteiger partial charge in [0, 0.05) is 50.6 Å². The van der Waals surface area contributed by atoms with Crippen molar-refractivity contribution in [1.29, 1.82) is 0 Å². The third-order valence-corrected chi connectivity index (χ3v) is 12.9. The summed E-state index contributed by atoms with van der Waals surface area (Å²) in [6, 6.07) is 35.3. The summed E-state index contributed by atoms with van der Waals surface area (Å²) >= 11 is 20.3. The largest absolute Gasteiger partial charge is 0.745 e. The van der Waals surface area contributed by atoms with Crippen LogP contribution in [0.2, 0.25) is 0 Å². The molecule has 2 saturated heterocycles. The Hall–Kier alpha value is 1.03. The summed E-state index contributed by atoms with van der Waals surface area (Å²) in [6.07, 6.45) is 8.15. The summed E-state index contributed by atoms with van der Waals surface area (Å²) in [5, 5.41) is 10.3. The van der Waals surface area contributed by atoms with Crippen LogP contribution in [0.4, 0.5) is 0 Å². The molecule has 2 heterocycles. The van der Waals surface area contributed by atoms with Crippen LogP contribution in [0.3, 0.4) is 0 Å². The maximum absolute atomic E-state index is 5.07. The van der Waals surface area contributed by atoms with Crippen molar-refractivity contribution in [2.75, 3.05) is 40.4 Å². The zero-order valence-corrected chi connectivity index (χ0v) is 34.0. The zero-order valence-electron chi connectivity index (χ0n) is 25.7. The van der Waals surface area contributed by atoms with E-state index in [1.807, 2.05) is 109 Å². The van der Waals surface area contributed by atoms with Gasteiger partial charge in [0.15, 0.2) is 0 Å². The summed E-state index contributed by atoms with van der Waals surface area (Å²) in [5.74, 6) is -4.12. The summed E-state index contributed by atoms with van der Waals surface area (Å²) in [5.41, 5.74) is 0. The Morgan fingerprint density at radius 2 is 0.933 bits per heavy atom. The molecule has 0 amide bonds. The maximum atomic E-state index is 5.07. The Kier molecular flexibility index (Phi) is 37.6. The topological polar surface area (TPSA) is 46.7 Å². The molecule has 4 aromatic rings. The van der Waals surface area contributed by atoms with Gasteiger partial charge >= 0.3 is 0 Å². The molecule has 6 rings (SSSR count). The van der Waals surface area contributed by atoms with E-state index in [-0.39, 0.29) is 50.6 Å². The van der Waals surface area contributed by atoms with E-state index in [1.165, 1.54) is 38.5 Å². The first-order valence-electron chi connectivity index (χ1n) is 14.1. The van der Waals surface area contributed by atoms with E-state index in [0.29, 0.717) is 0 Å². The van der Waals surface area contributed by atoms with Gasteiger partial charge in [-0.25, -0.2) is 36.4 Å². The maximum Gasteiger partial charge on any atom is 0.0740 e. The van der Waals surface area contributed by atoms with Gasteiger partial charge in [-0.15, -0.1) is 44.2 Å². The summed E-state index contributed by atoms with van der Waals surface area (Å²) in [4.78, 5) is 0. The van der Waals surface area contributed by atoms with Crippen LogP contribution >= 0.6 is 11.8 Å². The first kappa shape index (κ1) is 50.4. The first-order valence-corrected chi connectivity index (χ1v) is 21.6. The van der Waals surface area contributed by atoms with Gasteiger partial charge in [-0.2, -0.15) is 36.4 Å². The van der Waals surface area contributed by atoms with Crippen molar-refractivity contribution in [3.63, 3.8) is 0 Å². The van der Waals surface area contributed by atoms with Gasteiger partial charge in [0.2, 0.25) is 0 Å². The molecule has 0 unspecified atom stereocenters. The minimum absolute atomic E-state index is 0. The summed E-state index contributed by atoms with van der Waals surface area (Å²) in [6.45, 7) is 4.50. The third kappa shape index (κ3) is 27.5. The van der Waals surface area contributed by atoms with E-state index in [9.17, 15) is 0 Å². The molecule has 0 spiro atoms. The van der Waals surface area contributed by atoms with Crippen LogP contribution in [0.5, 0.6) is 0 Å². The monoisotopic (exact) mass is 848 g/mol. The molecule has 0 saturated carbocycles. The molecule has 0 radical (unpaired) electrons. The van der Waals surface area contributed by atoms with Crippen molar-refractivity contribution < 1.29 is 59.7 Å². The normalized spacial score (nSPS) is 13.5. The quantitative estimate of drug-likeness (QED) is 0.0886. The van der Waals surface area contributed by atoms with E-state index in [4.69, 9.17) is 58.0 Å². The van der Waals surface area contributed by atoms with Gasteiger partial charge < -0.3 is 93.7 Å². The summed E-state index contributed by atoms with van der Waals surface area (Å²) < 4.78 is 10.0. The molecule has 2 aliphatic heterocycles. The Balaban J connectivity index is -0.000000474. The molecule has 4 nitrogen and oxygen atoms in total. The predicted molar refractivity (Wildman–Crippen MR) is 199 cm³/mol. The van der Waals surface area contributed by atoms with Crippen molar-refractivity contribution in [2.45, 2.75) is 38.5 Å². The fourth-order valence-corrected chi connectivity index (χ4v) is 6.37. The van der Waals surface area contributed by atoms with Crippen LogP contribution in [0, 0.1) is 0 Å². The second kappa shape index (κ2) is 33.5. The van der Waals surface area contributed by atoms with Gasteiger partial charge in [0.05, 0.1) is 14.2 Å². The average Bonchev–Trinajstić information content (AvgIpc) is 3.89. The van der Waals surface area contributed by atoms with Crippen LogP contribution in [0.25, 0.3) is 10.6 Å². The molecule has 266 valence electrons. The van der Waals surface area contributed by atoms with E-state index < -0.39 is 11.8 Å². The van der Waals surface area contributed by atoms with Gasteiger partial charge in [0.25, 0.3) is 0 Å². The molecule has 0 atom stereocenters. The number of nitrogens with zero attached hydrogens (tertiary/aromatic N) is 2. The molecule has 0 aliphatic carbocycles. The average molecular weight is 849 g/mol. The molecule has 2 aliphatic rings. The fraction of sp³-hybridized carbons (Fsp3) is 0.375. The van der Waals surface area contributed by atoms with Crippen molar-refractivity contribution >= 4 is 71.4 Å². The number of hydrogen-bond donors (Lipinski definition) is 0. The van der Waals surface area contributed by atoms with E-state index in [2.05, 4.69) is 10.6 Å². The van der Waals surface area contributed by atoms with Crippen LogP contribution in [-0.2, 0) is 109 Å². The van der Waals surface area contributed by atoms with Crippen LogP contribution in [-0.4, -0.2) is 40.4 Å². The minimum atomic E-state index is -2.06. The fourth-order valence-electron chi connectivity index (χ4n) is 3.42. The number of piperidine rings is 2. The molecule has 13 heteroatoms. The second-order valence-electron chi connectivity index (χ2n) is 9.03. The van der Waals surface area contributed by atoms with Crippen LogP contribution in [0.15, 0.2) is 109 Å². The van der Waals surface area contributed by atoms with Crippen molar-refractivity contribution in [3.05, 3.63) is 120 Å². The van der Waals surface area contributed by atoms with Crippen LogP contribution < -0.4 is 10.6 Å². The van der Waals surface area contributed by atoms with Gasteiger partial charge in [-0.3, -0.25) is 10.4 Å². The molecule has 0 bridgehead atoms. The number of hydrogen-bond acceptors (Lipinski definition) is 6. The molecule has 4 aromatic carbocycles. The van der Waals surface area contributed by atoms with E-state index in [1.54, 1.807) is 14.2 Å².